The number of hydrogen-bond acceptors (Lipinski definition) is 2. The third kappa shape index (κ3) is 3.01. The molecule has 86 valence electrons. The predicted molar refractivity (Wildman–Crippen MR) is 67.6 cm³/mol. The van der Waals surface area contributed by atoms with Crippen LogP contribution in [0.2, 0.25) is 0 Å². The van der Waals surface area contributed by atoms with Crippen molar-refractivity contribution in [3.63, 3.8) is 0 Å². The molecule has 1 atom stereocenters. The fourth-order valence-electron chi connectivity index (χ4n) is 1.63. The van der Waals surface area contributed by atoms with Crippen molar-refractivity contribution in [2.45, 2.75) is 26.3 Å². The number of nitrogens with one attached hydrogen (secondary N) is 1. The Bertz CT molecular complexity index is 379. The molecule has 0 saturated carbocycles. The van der Waals surface area contributed by atoms with Gasteiger partial charge in [-0.15, -0.1) is 6.42 Å². The van der Waals surface area contributed by atoms with Crippen LogP contribution in [-0.4, -0.2) is 13.7 Å². The highest BCUT2D eigenvalue weighted by Gasteiger charge is 2.12. The maximum atomic E-state index is 5.55. The lowest BCUT2D eigenvalue weighted by molar-refractivity contribution is 0.405. The van der Waals surface area contributed by atoms with Crippen LogP contribution in [0, 0.1) is 19.3 Å². The molecule has 1 rings (SSSR count). The molecule has 1 N–H and O–H groups in total. The van der Waals surface area contributed by atoms with Crippen molar-refractivity contribution in [1.82, 2.24) is 5.32 Å². The Kier molecular flexibility index (Phi) is 4.88. The Hall–Kier alpha value is -1.46. The van der Waals surface area contributed by atoms with Gasteiger partial charge in [0.15, 0.2) is 0 Å². The van der Waals surface area contributed by atoms with Crippen molar-refractivity contribution >= 4 is 0 Å². The van der Waals surface area contributed by atoms with E-state index in [9.17, 15) is 0 Å². The van der Waals surface area contributed by atoms with Crippen LogP contribution in [0.3, 0.4) is 0 Å². The van der Waals surface area contributed by atoms with E-state index in [4.69, 9.17) is 11.2 Å². The molecule has 1 aromatic carbocycles. The van der Waals surface area contributed by atoms with Gasteiger partial charge in [0, 0.05) is 5.56 Å². The second-order valence-corrected chi connectivity index (χ2v) is 3.80. The van der Waals surface area contributed by atoms with Crippen molar-refractivity contribution in [3.8, 4) is 18.1 Å². The molecule has 2 nitrogen and oxygen atoms in total. The van der Waals surface area contributed by atoms with Gasteiger partial charge in [-0.25, -0.2) is 0 Å². The number of rotatable bonds is 5. The molecule has 0 radical (unpaired) electrons. The molecular weight excluding hydrogens is 198 g/mol. The average Bonchev–Trinajstić information content (AvgIpc) is 2.30. The second kappa shape index (κ2) is 6.19. The zero-order valence-corrected chi connectivity index (χ0v) is 10.2. The van der Waals surface area contributed by atoms with Gasteiger partial charge in [-0.2, -0.15) is 0 Å². The second-order valence-electron chi connectivity index (χ2n) is 3.80. The SMILES string of the molecule is C#CC(NCCC)c1cc(C)ccc1OC. The zero-order valence-electron chi connectivity index (χ0n) is 10.2. The summed E-state index contributed by atoms with van der Waals surface area (Å²) in [5.74, 6) is 3.61. The van der Waals surface area contributed by atoms with Gasteiger partial charge in [0.05, 0.1) is 13.2 Å². The van der Waals surface area contributed by atoms with E-state index in [1.165, 1.54) is 5.56 Å². The van der Waals surface area contributed by atoms with E-state index in [2.05, 4.69) is 31.2 Å². The monoisotopic (exact) mass is 217 g/mol. The van der Waals surface area contributed by atoms with Crippen molar-refractivity contribution in [3.05, 3.63) is 29.3 Å². The minimum atomic E-state index is -0.0743. The van der Waals surface area contributed by atoms with Crippen LogP contribution in [0.4, 0.5) is 0 Å². The summed E-state index contributed by atoms with van der Waals surface area (Å²) in [6.45, 7) is 5.08. The third-order valence-electron chi connectivity index (χ3n) is 2.46. The molecule has 1 aromatic rings. The third-order valence-corrected chi connectivity index (χ3v) is 2.46. The van der Waals surface area contributed by atoms with Crippen LogP contribution < -0.4 is 10.1 Å². The highest BCUT2D eigenvalue weighted by atomic mass is 16.5. The van der Waals surface area contributed by atoms with E-state index in [0.29, 0.717) is 0 Å². The standard InChI is InChI=1S/C14H19NO/c1-5-9-15-13(6-2)12-10-11(3)7-8-14(12)16-4/h2,7-8,10,13,15H,5,9H2,1,3-4H3. The highest BCUT2D eigenvalue weighted by Crippen LogP contribution is 2.25. The normalized spacial score (nSPS) is 11.9. The van der Waals surface area contributed by atoms with Gasteiger partial charge in [0.1, 0.15) is 5.75 Å². The van der Waals surface area contributed by atoms with Gasteiger partial charge in [0.25, 0.3) is 0 Å². The lowest BCUT2D eigenvalue weighted by atomic mass is 10.0. The Morgan fingerprint density at radius 3 is 2.81 bits per heavy atom. The summed E-state index contributed by atoms with van der Waals surface area (Å²) in [6.07, 6.45) is 6.61. The Balaban J connectivity index is 2.98. The van der Waals surface area contributed by atoms with Crippen LogP contribution >= 0.6 is 0 Å². The molecule has 0 aliphatic heterocycles. The molecule has 0 aromatic heterocycles. The van der Waals surface area contributed by atoms with E-state index in [1.807, 2.05) is 12.1 Å². The largest absolute Gasteiger partial charge is 0.496 e. The number of ether oxygens (including phenoxy) is 1. The summed E-state index contributed by atoms with van der Waals surface area (Å²) in [4.78, 5) is 0. The lowest BCUT2D eigenvalue weighted by Gasteiger charge is -2.16. The van der Waals surface area contributed by atoms with Crippen molar-refractivity contribution in [1.29, 1.82) is 0 Å². The van der Waals surface area contributed by atoms with E-state index in [1.54, 1.807) is 7.11 Å². The van der Waals surface area contributed by atoms with E-state index < -0.39 is 0 Å². The molecule has 2 heteroatoms. The average molecular weight is 217 g/mol. The smallest absolute Gasteiger partial charge is 0.124 e. The summed E-state index contributed by atoms with van der Waals surface area (Å²) in [5, 5.41) is 3.32. The summed E-state index contributed by atoms with van der Waals surface area (Å²) >= 11 is 0. The van der Waals surface area contributed by atoms with Gasteiger partial charge in [-0.05, 0) is 32.0 Å². The van der Waals surface area contributed by atoms with E-state index in [0.717, 1.165) is 24.3 Å². The topological polar surface area (TPSA) is 21.3 Å². The van der Waals surface area contributed by atoms with Crippen LogP contribution in [0.15, 0.2) is 18.2 Å². The molecule has 0 fully saturated rings. The Labute approximate surface area is 98.0 Å². The fraction of sp³-hybridized carbons (Fsp3) is 0.429. The predicted octanol–water partition coefficient (Wildman–Crippen LogP) is 2.68. The minimum absolute atomic E-state index is 0.0743. The first-order valence-corrected chi connectivity index (χ1v) is 5.57. The first kappa shape index (κ1) is 12.6. The van der Waals surface area contributed by atoms with Crippen molar-refractivity contribution < 1.29 is 4.74 Å². The molecule has 0 bridgehead atoms. The fourth-order valence-corrected chi connectivity index (χ4v) is 1.63. The maximum absolute atomic E-state index is 5.55. The Morgan fingerprint density at radius 1 is 1.50 bits per heavy atom. The van der Waals surface area contributed by atoms with E-state index in [-0.39, 0.29) is 6.04 Å². The van der Waals surface area contributed by atoms with Crippen LogP contribution in [0.5, 0.6) is 5.75 Å². The molecule has 0 aliphatic carbocycles. The summed E-state index contributed by atoms with van der Waals surface area (Å²) in [5.41, 5.74) is 2.23. The van der Waals surface area contributed by atoms with Gasteiger partial charge in [-0.1, -0.05) is 24.5 Å². The Morgan fingerprint density at radius 2 is 2.25 bits per heavy atom. The van der Waals surface area contributed by atoms with E-state index >= 15 is 0 Å². The number of benzene rings is 1. The number of aryl methyl sites for hydroxylation is 1. The van der Waals surface area contributed by atoms with Crippen LogP contribution in [-0.2, 0) is 0 Å². The molecule has 0 saturated heterocycles. The molecule has 0 spiro atoms. The molecule has 0 aliphatic rings. The summed E-state index contributed by atoms with van der Waals surface area (Å²) in [6, 6.07) is 5.99. The minimum Gasteiger partial charge on any atom is -0.496 e. The van der Waals surface area contributed by atoms with Crippen molar-refractivity contribution in [2.75, 3.05) is 13.7 Å². The number of terminal acetylenes is 1. The van der Waals surface area contributed by atoms with Crippen molar-refractivity contribution in [2.24, 2.45) is 0 Å². The molecule has 0 heterocycles. The molecular formula is C14H19NO. The molecule has 0 amide bonds. The quantitative estimate of drug-likeness (QED) is 0.766. The van der Waals surface area contributed by atoms with Crippen LogP contribution in [0.1, 0.15) is 30.5 Å². The zero-order chi connectivity index (χ0) is 12.0. The maximum Gasteiger partial charge on any atom is 0.124 e. The number of methoxy groups -OCH3 is 1. The van der Waals surface area contributed by atoms with Gasteiger partial charge in [-0.3, -0.25) is 5.32 Å². The molecule has 1 unspecified atom stereocenters. The van der Waals surface area contributed by atoms with Gasteiger partial charge >= 0.3 is 0 Å². The summed E-state index contributed by atoms with van der Waals surface area (Å²) < 4.78 is 5.33. The van der Waals surface area contributed by atoms with Gasteiger partial charge < -0.3 is 4.74 Å². The summed E-state index contributed by atoms with van der Waals surface area (Å²) in [7, 11) is 1.67. The number of hydrogen-bond donors (Lipinski definition) is 1. The van der Waals surface area contributed by atoms with Crippen LogP contribution in [0.25, 0.3) is 0 Å². The first-order valence-electron chi connectivity index (χ1n) is 5.57. The lowest BCUT2D eigenvalue weighted by Crippen LogP contribution is -2.21. The molecule has 16 heavy (non-hydrogen) atoms. The first-order chi connectivity index (χ1) is 7.72. The highest BCUT2D eigenvalue weighted by molar-refractivity contribution is 5.42. The van der Waals surface area contributed by atoms with Gasteiger partial charge in [0.2, 0.25) is 0 Å².